The van der Waals surface area contributed by atoms with Crippen LogP contribution in [0.25, 0.3) is 0 Å². The second-order valence-electron chi connectivity index (χ2n) is 5.93. The quantitative estimate of drug-likeness (QED) is 0.805. The molecule has 1 heterocycles. The van der Waals surface area contributed by atoms with Gasteiger partial charge in [-0.3, -0.25) is 0 Å². The van der Waals surface area contributed by atoms with Crippen molar-refractivity contribution in [2.24, 2.45) is 5.41 Å². The number of ether oxygens (including phenoxy) is 2. The SMILES string of the molecule is OCC1(CNCc2cccc(OCC(F)(F)F)c2)CCOCC1. The van der Waals surface area contributed by atoms with Crippen LogP contribution in [0.5, 0.6) is 5.75 Å². The molecule has 0 spiro atoms. The molecule has 1 fully saturated rings. The molecule has 1 aromatic carbocycles. The molecule has 0 saturated carbocycles. The van der Waals surface area contributed by atoms with Crippen molar-refractivity contribution in [2.75, 3.05) is 33.0 Å². The van der Waals surface area contributed by atoms with Crippen LogP contribution in [0.4, 0.5) is 13.2 Å². The molecule has 0 aromatic heterocycles. The summed E-state index contributed by atoms with van der Waals surface area (Å²) in [6.45, 7) is 1.23. The molecule has 1 aliphatic heterocycles. The number of aliphatic hydroxyl groups excluding tert-OH is 1. The second-order valence-corrected chi connectivity index (χ2v) is 5.93. The molecule has 1 aromatic rings. The van der Waals surface area contributed by atoms with E-state index in [1.54, 1.807) is 12.1 Å². The molecule has 1 aliphatic rings. The van der Waals surface area contributed by atoms with Crippen molar-refractivity contribution in [3.63, 3.8) is 0 Å². The first-order valence-electron chi connectivity index (χ1n) is 7.60. The van der Waals surface area contributed by atoms with Gasteiger partial charge in [0.05, 0.1) is 6.61 Å². The Morgan fingerprint density at radius 1 is 1.26 bits per heavy atom. The van der Waals surface area contributed by atoms with Crippen molar-refractivity contribution >= 4 is 0 Å². The molecule has 0 unspecified atom stereocenters. The van der Waals surface area contributed by atoms with Gasteiger partial charge in [-0.05, 0) is 30.5 Å². The molecular formula is C16H22F3NO3. The number of benzene rings is 1. The Hall–Kier alpha value is -1.31. The lowest BCUT2D eigenvalue weighted by Gasteiger charge is -2.35. The highest BCUT2D eigenvalue weighted by molar-refractivity contribution is 5.28. The Bertz CT molecular complexity index is 488. The number of rotatable bonds is 7. The van der Waals surface area contributed by atoms with Crippen molar-refractivity contribution in [1.29, 1.82) is 0 Å². The van der Waals surface area contributed by atoms with E-state index in [2.05, 4.69) is 5.32 Å². The third kappa shape index (κ3) is 6.01. The van der Waals surface area contributed by atoms with Crippen LogP contribution in [0.1, 0.15) is 18.4 Å². The smallest absolute Gasteiger partial charge is 0.422 e. The highest BCUT2D eigenvalue weighted by Gasteiger charge is 2.31. The van der Waals surface area contributed by atoms with Crippen LogP contribution in [-0.4, -0.2) is 44.3 Å². The van der Waals surface area contributed by atoms with Crippen LogP contribution in [0, 0.1) is 5.41 Å². The summed E-state index contributed by atoms with van der Waals surface area (Å²) in [5.74, 6) is 0.199. The van der Waals surface area contributed by atoms with Gasteiger partial charge >= 0.3 is 6.18 Å². The average Bonchev–Trinajstić information content (AvgIpc) is 2.54. The molecular weight excluding hydrogens is 311 g/mol. The molecule has 1 saturated heterocycles. The van der Waals surface area contributed by atoms with Crippen LogP contribution in [0.3, 0.4) is 0 Å². The molecule has 2 N–H and O–H groups in total. The molecule has 0 bridgehead atoms. The van der Waals surface area contributed by atoms with Gasteiger partial charge < -0.3 is 19.9 Å². The van der Waals surface area contributed by atoms with Gasteiger partial charge in [0.15, 0.2) is 6.61 Å². The Balaban J connectivity index is 1.83. The molecule has 0 aliphatic carbocycles. The van der Waals surface area contributed by atoms with Crippen LogP contribution in [0.15, 0.2) is 24.3 Å². The fourth-order valence-electron chi connectivity index (χ4n) is 2.58. The fourth-order valence-corrected chi connectivity index (χ4v) is 2.58. The summed E-state index contributed by atoms with van der Waals surface area (Å²) in [7, 11) is 0. The number of nitrogens with one attached hydrogen (secondary N) is 1. The van der Waals surface area contributed by atoms with E-state index < -0.39 is 12.8 Å². The van der Waals surface area contributed by atoms with E-state index in [4.69, 9.17) is 9.47 Å². The van der Waals surface area contributed by atoms with Crippen molar-refractivity contribution in [1.82, 2.24) is 5.32 Å². The topological polar surface area (TPSA) is 50.7 Å². The first-order chi connectivity index (χ1) is 10.9. The fraction of sp³-hybridized carbons (Fsp3) is 0.625. The maximum absolute atomic E-state index is 12.2. The summed E-state index contributed by atoms with van der Waals surface area (Å²) >= 11 is 0. The molecule has 7 heteroatoms. The van der Waals surface area contributed by atoms with Gasteiger partial charge in [0, 0.05) is 31.7 Å². The maximum Gasteiger partial charge on any atom is 0.422 e. The lowest BCUT2D eigenvalue weighted by atomic mass is 9.81. The van der Waals surface area contributed by atoms with E-state index in [1.165, 1.54) is 6.07 Å². The Morgan fingerprint density at radius 2 is 2.00 bits per heavy atom. The largest absolute Gasteiger partial charge is 0.484 e. The van der Waals surface area contributed by atoms with E-state index in [0.29, 0.717) is 26.3 Å². The zero-order valence-electron chi connectivity index (χ0n) is 12.9. The van der Waals surface area contributed by atoms with Gasteiger partial charge in [0.2, 0.25) is 0 Å². The molecule has 130 valence electrons. The summed E-state index contributed by atoms with van der Waals surface area (Å²) in [5, 5.41) is 12.9. The first kappa shape index (κ1) is 18.0. The minimum atomic E-state index is -4.34. The Morgan fingerprint density at radius 3 is 2.65 bits per heavy atom. The lowest BCUT2D eigenvalue weighted by Crippen LogP contribution is -2.41. The minimum Gasteiger partial charge on any atom is -0.484 e. The van der Waals surface area contributed by atoms with E-state index in [0.717, 1.165) is 18.4 Å². The van der Waals surface area contributed by atoms with Gasteiger partial charge in [-0.15, -0.1) is 0 Å². The van der Waals surface area contributed by atoms with Gasteiger partial charge in [-0.2, -0.15) is 13.2 Å². The normalized spacial score (nSPS) is 17.9. The van der Waals surface area contributed by atoms with Crippen LogP contribution < -0.4 is 10.1 Å². The Labute approximate surface area is 133 Å². The third-order valence-corrected chi connectivity index (χ3v) is 4.02. The van der Waals surface area contributed by atoms with E-state index in [9.17, 15) is 18.3 Å². The summed E-state index contributed by atoms with van der Waals surface area (Å²) in [4.78, 5) is 0. The number of alkyl halides is 3. The number of hydrogen-bond acceptors (Lipinski definition) is 4. The molecule has 23 heavy (non-hydrogen) atoms. The number of hydrogen-bond donors (Lipinski definition) is 2. The maximum atomic E-state index is 12.2. The summed E-state index contributed by atoms with van der Waals surface area (Å²) in [5.41, 5.74) is 0.660. The van der Waals surface area contributed by atoms with Crippen LogP contribution >= 0.6 is 0 Å². The first-order valence-corrected chi connectivity index (χ1v) is 7.60. The number of aliphatic hydroxyl groups is 1. The van der Waals surface area contributed by atoms with Crippen molar-refractivity contribution in [3.05, 3.63) is 29.8 Å². The van der Waals surface area contributed by atoms with Crippen LogP contribution in [0.2, 0.25) is 0 Å². The van der Waals surface area contributed by atoms with Gasteiger partial charge in [-0.25, -0.2) is 0 Å². The molecule has 0 amide bonds. The predicted molar refractivity (Wildman–Crippen MR) is 79.3 cm³/mol. The molecule has 0 atom stereocenters. The third-order valence-electron chi connectivity index (χ3n) is 4.02. The van der Waals surface area contributed by atoms with E-state index in [1.807, 2.05) is 6.07 Å². The number of halogens is 3. The Kier molecular flexibility index (Phi) is 6.26. The van der Waals surface area contributed by atoms with Gasteiger partial charge in [0.1, 0.15) is 5.75 Å². The zero-order valence-corrected chi connectivity index (χ0v) is 12.9. The molecule has 4 nitrogen and oxygen atoms in total. The van der Waals surface area contributed by atoms with Gasteiger partial charge in [0.25, 0.3) is 0 Å². The predicted octanol–water partition coefficient (Wildman–Crippen LogP) is 2.51. The summed E-state index contributed by atoms with van der Waals surface area (Å²) < 4.78 is 46.5. The van der Waals surface area contributed by atoms with Crippen LogP contribution in [-0.2, 0) is 11.3 Å². The van der Waals surface area contributed by atoms with Crippen molar-refractivity contribution < 1.29 is 27.8 Å². The van der Waals surface area contributed by atoms with E-state index in [-0.39, 0.29) is 17.8 Å². The van der Waals surface area contributed by atoms with Crippen molar-refractivity contribution in [3.8, 4) is 5.75 Å². The molecule has 0 radical (unpaired) electrons. The highest BCUT2D eigenvalue weighted by atomic mass is 19.4. The molecule has 2 rings (SSSR count). The second kappa shape index (κ2) is 7.99. The van der Waals surface area contributed by atoms with Crippen molar-refractivity contribution in [2.45, 2.75) is 25.6 Å². The average molecular weight is 333 g/mol. The lowest BCUT2D eigenvalue weighted by molar-refractivity contribution is -0.153. The minimum absolute atomic E-state index is 0.0953. The highest BCUT2D eigenvalue weighted by Crippen LogP contribution is 2.29. The van der Waals surface area contributed by atoms with Gasteiger partial charge in [-0.1, -0.05) is 12.1 Å². The standard InChI is InChI=1S/C16H22F3NO3/c17-16(18,19)12-23-14-3-1-2-13(8-14)9-20-10-15(11-21)4-6-22-7-5-15/h1-3,8,20-21H,4-7,9-12H2. The summed E-state index contributed by atoms with van der Waals surface area (Å²) in [6, 6.07) is 6.58. The zero-order chi connectivity index (χ0) is 16.8. The monoisotopic (exact) mass is 333 g/mol. The van der Waals surface area contributed by atoms with E-state index >= 15 is 0 Å². The summed E-state index contributed by atoms with van der Waals surface area (Å²) in [6.07, 6.45) is -2.75.